The van der Waals surface area contributed by atoms with Crippen LogP contribution in [0.15, 0.2) is 12.7 Å². The molecule has 3 heteroatoms. The summed E-state index contributed by atoms with van der Waals surface area (Å²) in [5.74, 6) is 0.0200. The normalized spacial score (nSPS) is 36.6. The van der Waals surface area contributed by atoms with Crippen LogP contribution in [0, 0.1) is 0 Å². The highest BCUT2D eigenvalue weighted by molar-refractivity contribution is 5.87. The molecule has 0 spiro atoms. The van der Waals surface area contributed by atoms with E-state index in [0.717, 1.165) is 19.3 Å². The highest BCUT2D eigenvalue weighted by Crippen LogP contribution is 2.32. The van der Waals surface area contributed by atoms with E-state index in [0.29, 0.717) is 12.1 Å². The van der Waals surface area contributed by atoms with Crippen LogP contribution in [-0.4, -0.2) is 29.2 Å². The first-order valence-electron chi connectivity index (χ1n) is 5.32. The zero-order valence-electron chi connectivity index (χ0n) is 8.61. The summed E-state index contributed by atoms with van der Waals surface area (Å²) in [4.78, 5) is 13.5. The molecule has 1 amide bonds. The minimum Gasteiger partial charge on any atom is -0.355 e. The predicted molar refractivity (Wildman–Crippen MR) is 53.6 cm³/mol. The fourth-order valence-corrected chi connectivity index (χ4v) is 2.54. The van der Waals surface area contributed by atoms with Crippen molar-refractivity contribution < 1.29 is 9.53 Å². The minimum absolute atomic E-state index is 0.00278. The molecule has 0 saturated carbocycles. The van der Waals surface area contributed by atoms with E-state index >= 15 is 0 Å². The van der Waals surface area contributed by atoms with E-state index in [1.165, 1.54) is 12.5 Å². The lowest BCUT2D eigenvalue weighted by Gasteiger charge is -2.47. The quantitative estimate of drug-likeness (QED) is 0.596. The molecule has 0 aromatic heterocycles. The van der Waals surface area contributed by atoms with Crippen LogP contribution >= 0.6 is 0 Å². The lowest BCUT2D eigenvalue weighted by Crippen LogP contribution is -2.56. The van der Waals surface area contributed by atoms with Crippen LogP contribution in [0.4, 0.5) is 0 Å². The molecule has 2 rings (SSSR count). The smallest absolute Gasteiger partial charge is 0.248 e. The Balaban J connectivity index is 2.16. The highest BCUT2D eigenvalue weighted by atomic mass is 16.5. The van der Waals surface area contributed by atoms with Crippen LogP contribution in [-0.2, 0) is 9.53 Å². The Morgan fingerprint density at radius 2 is 2.36 bits per heavy atom. The Morgan fingerprint density at radius 3 is 3.00 bits per heavy atom. The van der Waals surface area contributed by atoms with Crippen LogP contribution in [0.5, 0.6) is 0 Å². The molecular weight excluding hydrogens is 178 g/mol. The molecule has 2 aliphatic rings. The Hall–Kier alpha value is -0.830. The first-order valence-corrected chi connectivity index (χ1v) is 5.32. The van der Waals surface area contributed by atoms with Crippen LogP contribution in [0.2, 0.25) is 0 Å². The molecule has 3 atom stereocenters. The molecule has 0 radical (unpaired) electrons. The van der Waals surface area contributed by atoms with Crippen molar-refractivity contribution in [3.63, 3.8) is 0 Å². The Bertz CT molecular complexity index is 238. The fraction of sp³-hybridized carbons (Fsp3) is 0.727. The second-order valence-electron chi connectivity index (χ2n) is 4.17. The van der Waals surface area contributed by atoms with Gasteiger partial charge in [0, 0.05) is 6.04 Å². The topological polar surface area (TPSA) is 29.5 Å². The number of ether oxygens (including phenoxy) is 1. The maximum atomic E-state index is 11.6. The molecule has 0 aromatic carbocycles. The summed E-state index contributed by atoms with van der Waals surface area (Å²) in [6.07, 6.45) is 5.91. The van der Waals surface area contributed by atoms with E-state index in [4.69, 9.17) is 4.74 Å². The van der Waals surface area contributed by atoms with Gasteiger partial charge in [-0.1, -0.05) is 6.58 Å². The number of carbonyl (C=O) groups is 1. The van der Waals surface area contributed by atoms with Crippen molar-refractivity contribution in [3.05, 3.63) is 12.7 Å². The van der Waals surface area contributed by atoms with Gasteiger partial charge >= 0.3 is 0 Å². The summed E-state index contributed by atoms with van der Waals surface area (Å²) in [6.45, 7) is 5.62. The maximum absolute atomic E-state index is 11.6. The van der Waals surface area contributed by atoms with Crippen LogP contribution in [0.1, 0.15) is 32.6 Å². The molecule has 78 valence electrons. The van der Waals surface area contributed by atoms with Gasteiger partial charge in [-0.15, -0.1) is 0 Å². The van der Waals surface area contributed by atoms with Crippen molar-refractivity contribution >= 4 is 5.91 Å². The number of hydrogen-bond donors (Lipinski definition) is 0. The molecule has 14 heavy (non-hydrogen) atoms. The van der Waals surface area contributed by atoms with Crippen molar-refractivity contribution in [1.82, 2.24) is 4.90 Å². The van der Waals surface area contributed by atoms with E-state index in [2.05, 4.69) is 13.5 Å². The van der Waals surface area contributed by atoms with Crippen LogP contribution in [0.25, 0.3) is 0 Å². The van der Waals surface area contributed by atoms with Crippen molar-refractivity contribution in [2.75, 3.05) is 0 Å². The molecule has 2 aliphatic heterocycles. The number of rotatable bonds is 1. The third kappa shape index (κ3) is 1.57. The molecule has 2 fully saturated rings. The summed E-state index contributed by atoms with van der Waals surface area (Å²) in [5, 5.41) is 0. The summed E-state index contributed by atoms with van der Waals surface area (Å²) >= 11 is 0. The average Bonchev–Trinajstić information content (AvgIpc) is 2.15. The van der Waals surface area contributed by atoms with Gasteiger partial charge in [-0.05, 0) is 38.7 Å². The second-order valence-corrected chi connectivity index (χ2v) is 4.17. The van der Waals surface area contributed by atoms with Crippen molar-refractivity contribution in [2.45, 2.75) is 51.0 Å². The Kier molecular flexibility index (Phi) is 2.59. The van der Waals surface area contributed by atoms with E-state index in [1.54, 1.807) is 0 Å². The number of hydrogen-bond acceptors (Lipinski definition) is 2. The molecule has 0 N–H and O–H groups in total. The summed E-state index contributed by atoms with van der Waals surface area (Å²) in [7, 11) is 0. The zero-order chi connectivity index (χ0) is 10.1. The number of fused-ring (bicyclic) bond motifs is 2. The average molecular weight is 195 g/mol. The third-order valence-corrected chi connectivity index (χ3v) is 3.11. The highest BCUT2D eigenvalue weighted by Gasteiger charge is 2.39. The SMILES string of the molecule is C=CC(=O)N1C2CCCC1OC(C)C2. The van der Waals surface area contributed by atoms with Gasteiger partial charge in [-0.3, -0.25) is 4.79 Å². The first-order chi connectivity index (χ1) is 6.72. The van der Waals surface area contributed by atoms with Crippen molar-refractivity contribution in [3.8, 4) is 0 Å². The lowest BCUT2D eigenvalue weighted by molar-refractivity contribution is -0.185. The van der Waals surface area contributed by atoms with Gasteiger partial charge in [0.1, 0.15) is 6.23 Å². The fourth-order valence-electron chi connectivity index (χ4n) is 2.54. The zero-order valence-corrected chi connectivity index (χ0v) is 8.61. The van der Waals surface area contributed by atoms with E-state index in [-0.39, 0.29) is 12.1 Å². The largest absolute Gasteiger partial charge is 0.355 e. The Morgan fingerprint density at radius 1 is 1.57 bits per heavy atom. The van der Waals surface area contributed by atoms with Crippen molar-refractivity contribution in [2.24, 2.45) is 0 Å². The summed E-state index contributed by atoms with van der Waals surface area (Å²) in [5.41, 5.74) is 0. The number of carbonyl (C=O) groups excluding carboxylic acids is 1. The maximum Gasteiger partial charge on any atom is 0.248 e. The molecule has 0 aliphatic carbocycles. The van der Waals surface area contributed by atoms with Gasteiger partial charge in [0.25, 0.3) is 0 Å². The van der Waals surface area contributed by atoms with Gasteiger partial charge in [0.05, 0.1) is 6.10 Å². The van der Waals surface area contributed by atoms with Gasteiger partial charge < -0.3 is 9.64 Å². The molecule has 2 bridgehead atoms. The monoisotopic (exact) mass is 195 g/mol. The number of nitrogens with zero attached hydrogens (tertiary/aromatic N) is 1. The predicted octanol–water partition coefficient (Wildman–Crippen LogP) is 1.69. The first kappa shape index (κ1) is 9.71. The number of amides is 1. The molecular formula is C11H17NO2. The molecule has 0 aromatic rings. The third-order valence-electron chi connectivity index (χ3n) is 3.11. The molecule has 2 saturated heterocycles. The minimum atomic E-state index is 0.00278. The van der Waals surface area contributed by atoms with Gasteiger partial charge in [-0.2, -0.15) is 0 Å². The van der Waals surface area contributed by atoms with Gasteiger partial charge in [-0.25, -0.2) is 0 Å². The van der Waals surface area contributed by atoms with E-state index in [9.17, 15) is 4.79 Å². The van der Waals surface area contributed by atoms with Crippen LogP contribution in [0.3, 0.4) is 0 Å². The van der Waals surface area contributed by atoms with Gasteiger partial charge in [0.15, 0.2) is 0 Å². The standard InChI is InChI=1S/C11H17NO2/c1-3-10(13)12-9-5-4-6-11(12)14-8(2)7-9/h3,8-9,11H,1,4-7H2,2H3. The second kappa shape index (κ2) is 3.73. The van der Waals surface area contributed by atoms with Crippen molar-refractivity contribution in [1.29, 1.82) is 0 Å². The van der Waals surface area contributed by atoms with E-state index in [1.807, 2.05) is 4.90 Å². The van der Waals surface area contributed by atoms with Gasteiger partial charge in [0.2, 0.25) is 5.91 Å². The summed E-state index contributed by atoms with van der Waals surface area (Å²) < 4.78 is 5.75. The van der Waals surface area contributed by atoms with Crippen LogP contribution < -0.4 is 0 Å². The molecule has 3 nitrogen and oxygen atoms in total. The van der Waals surface area contributed by atoms with E-state index < -0.39 is 0 Å². The molecule has 3 unspecified atom stereocenters. The lowest BCUT2D eigenvalue weighted by atomic mass is 9.93. The summed E-state index contributed by atoms with van der Waals surface area (Å²) in [6, 6.07) is 0.378. The number of piperidine rings is 1. The Labute approximate surface area is 84.7 Å². The molecule has 2 heterocycles.